The summed E-state index contributed by atoms with van der Waals surface area (Å²) in [5, 5.41) is 10.8. The minimum atomic E-state index is -0.391. The molecular formula is C59H41N3O. The van der Waals surface area contributed by atoms with Gasteiger partial charge in [0, 0.05) is 46.4 Å². The van der Waals surface area contributed by atoms with E-state index < -0.39 is 5.41 Å². The molecule has 1 spiro atoms. The molecule has 3 aromatic heterocycles. The van der Waals surface area contributed by atoms with Crippen LogP contribution in [0.2, 0.25) is 0 Å². The van der Waals surface area contributed by atoms with E-state index in [0.29, 0.717) is 11.3 Å². The maximum absolute atomic E-state index is 10.8. The Bertz CT molecular complexity index is 3390. The van der Waals surface area contributed by atoms with Crippen LogP contribution >= 0.6 is 0 Å². The fourth-order valence-electron chi connectivity index (χ4n) is 10.5. The Morgan fingerprint density at radius 2 is 0.873 bits per heavy atom. The molecule has 0 saturated heterocycles. The Morgan fingerprint density at radius 1 is 0.365 bits per heavy atom. The predicted octanol–water partition coefficient (Wildman–Crippen LogP) is 14.2. The first-order chi connectivity index (χ1) is 31.0. The molecule has 4 heteroatoms. The van der Waals surface area contributed by atoms with Gasteiger partial charge in [-0.25, -0.2) is 4.98 Å². The molecule has 1 N–H and O–H groups in total. The Labute approximate surface area is 367 Å². The van der Waals surface area contributed by atoms with E-state index in [4.69, 9.17) is 9.97 Å². The van der Waals surface area contributed by atoms with Gasteiger partial charge in [0.1, 0.15) is 5.75 Å². The van der Waals surface area contributed by atoms with Gasteiger partial charge >= 0.3 is 0 Å². The predicted molar refractivity (Wildman–Crippen MR) is 256 cm³/mol. The average Bonchev–Trinajstić information content (AvgIpc) is 3.97. The number of aromatic hydroxyl groups is 1. The molecule has 0 atom stereocenters. The summed E-state index contributed by atoms with van der Waals surface area (Å²) in [5.41, 5.74) is 22.9. The summed E-state index contributed by atoms with van der Waals surface area (Å²) in [6.45, 7) is 2.07. The second-order valence-corrected chi connectivity index (χ2v) is 16.8. The zero-order chi connectivity index (χ0) is 42.2. The van der Waals surface area contributed by atoms with Crippen LogP contribution in [0.15, 0.2) is 206 Å². The van der Waals surface area contributed by atoms with Crippen LogP contribution in [0.25, 0.3) is 89.7 Å². The Hall–Kier alpha value is -8.08. The SMILES string of the molecule is Cc1cc(-c2ccc(-c3ccc4c(c3)C3(c5ccccc5-c5ccccc53)c3ccccc3-4)n2C)cc(-c2cccc(-c3cc(-c4ccccc4)cc(-c4ccccc4O)n3)c2)n1. The molecule has 0 radical (unpaired) electrons. The van der Waals surface area contributed by atoms with Gasteiger partial charge in [-0.2, -0.15) is 0 Å². The van der Waals surface area contributed by atoms with Gasteiger partial charge in [-0.1, -0.05) is 146 Å². The molecule has 10 aromatic rings. The molecule has 0 bridgehead atoms. The molecule has 0 saturated carbocycles. The van der Waals surface area contributed by atoms with E-state index in [9.17, 15) is 5.11 Å². The van der Waals surface area contributed by atoms with E-state index in [2.05, 4.69) is 176 Å². The Morgan fingerprint density at radius 3 is 1.52 bits per heavy atom. The van der Waals surface area contributed by atoms with E-state index in [1.54, 1.807) is 6.07 Å². The molecule has 12 rings (SSSR count). The second kappa shape index (κ2) is 14.3. The minimum Gasteiger partial charge on any atom is -0.507 e. The molecule has 0 aliphatic heterocycles. The van der Waals surface area contributed by atoms with Crippen molar-refractivity contribution in [3.8, 4) is 95.4 Å². The van der Waals surface area contributed by atoms with Crippen LogP contribution in [0.4, 0.5) is 0 Å². The number of fused-ring (bicyclic) bond motifs is 10. The number of aromatic nitrogens is 3. The second-order valence-electron chi connectivity index (χ2n) is 16.8. The number of hydrogen-bond acceptors (Lipinski definition) is 3. The normalized spacial score (nSPS) is 12.8. The third-order valence-electron chi connectivity index (χ3n) is 13.2. The zero-order valence-corrected chi connectivity index (χ0v) is 34.9. The van der Waals surface area contributed by atoms with Crippen LogP contribution in [0, 0.1) is 6.92 Å². The molecule has 63 heavy (non-hydrogen) atoms. The van der Waals surface area contributed by atoms with E-state index in [0.717, 1.165) is 56.3 Å². The lowest BCUT2D eigenvalue weighted by Gasteiger charge is -2.30. The van der Waals surface area contributed by atoms with Gasteiger partial charge in [-0.05, 0) is 129 Å². The smallest absolute Gasteiger partial charge is 0.124 e. The van der Waals surface area contributed by atoms with E-state index in [1.165, 1.54) is 50.1 Å². The topological polar surface area (TPSA) is 50.9 Å². The van der Waals surface area contributed by atoms with Crippen molar-refractivity contribution in [2.45, 2.75) is 12.3 Å². The molecule has 0 amide bonds. The summed E-state index contributed by atoms with van der Waals surface area (Å²) < 4.78 is 2.32. The highest BCUT2D eigenvalue weighted by atomic mass is 16.3. The summed E-state index contributed by atoms with van der Waals surface area (Å²) in [6, 6.07) is 73.2. The van der Waals surface area contributed by atoms with Crippen molar-refractivity contribution in [1.29, 1.82) is 0 Å². The molecule has 7 aromatic carbocycles. The standard InChI is InChI=1S/C59H41N3O/c1-37-31-43(36-53(60-37)39-17-14-18-40(32-39)54-34-42(38-15-4-3-5-16-38)35-55(61-54)48-22-9-13-26-58(48)63)57-30-29-56(62(57)2)41-27-28-47-46-21-8-12-25-51(46)59(52(47)33-41)49-23-10-6-19-44(49)45-20-7-11-24-50(45)59/h3-36,63H,1-2H3. The summed E-state index contributed by atoms with van der Waals surface area (Å²) in [6.07, 6.45) is 0. The van der Waals surface area contributed by atoms with Crippen molar-refractivity contribution in [3.05, 3.63) is 234 Å². The molecule has 4 nitrogen and oxygen atoms in total. The Kier molecular flexibility index (Phi) is 8.31. The monoisotopic (exact) mass is 807 g/mol. The number of rotatable bonds is 6. The maximum atomic E-state index is 10.8. The first-order valence-corrected chi connectivity index (χ1v) is 21.5. The summed E-state index contributed by atoms with van der Waals surface area (Å²) in [5.74, 6) is 0.200. The van der Waals surface area contributed by atoms with Gasteiger partial charge in [0.15, 0.2) is 0 Å². The molecule has 298 valence electrons. The maximum Gasteiger partial charge on any atom is 0.124 e. The molecule has 2 aliphatic carbocycles. The number of aryl methyl sites for hydroxylation is 1. The van der Waals surface area contributed by atoms with Crippen molar-refractivity contribution in [2.24, 2.45) is 7.05 Å². The van der Waals surface area contributed by atoms with Crippen molar-refractivity contribution in [2.75, 3.05) is 0 Å². The van der Waals surface area contributed by atoms with Gasteiger partial charge in [0.05, 0.1) is 22.5 Å². The minimum absolute atomic E-state index is 0.200. The van der Waals surface area contributed by atoms with E-state index in [1.807, 2.05) is 42.5 Å². The zero-order valence-electron chi connectivity index (χ0n) is 34.9. The van der Waals surface area contributed by atoms with Crippen molar-refractivity contribution in [1.82, 2.24) is 14.5 Å². The van der Waals surface area contributed by atoms with Crippen molar-refractivity contribution in [3.63, 3.8) is 0 Å². The summed E-state index contributed by atoms with van der Waals surface area (Å²) in [4.78, 5) is 10.2. The van der Waals surface area contributed by atoms with Crippen LogP contribution in [0.1, 0.15) is 27.9 Å². The number of benzene rings is 7. The number of pyridine rings is 2. The van der Waals surface area contributed by atoms with E-state index in [-0.39, 0.29) is 5.75 Å². The quantitative estimate of drug-likeness (QED) is 0.182. The molecule has 3 heterocycles. The largest absolute Gasteiger partial charge is 0.507 e. The highest BCUT2D eigenvalue weighted by Gasteiger charge is 2.51. The highest BCUT2D eigenvalue weighted by molar-refractivity contribution is 5.96. The molecular weight excluding hydrogens is 767 g/mol. The van der Waals surface area contributed by atoms with Gasteiger partial charge in [-0.3, -0.25) is 4.98 Å². The van der Waals surface area contributed by atoms with Gasteiger partial charge in [0.25, 0.3) is 0 Å². The highest BCUT2D eigenvalue weighted by Crippen LogP contribution is 2.63. The number of para-hydroxylation sites is 1. The van der Waals surface area contributed by atoms with Crippen molar-refractivity contribution < 1.29 is 5.11 Å². The van der Waals surface area contributed by atoms with Gasteiger partial charge < -0.3 is 9.67 Å². The van der Waals surface area contributed by atoms with E-state index >= 15 is 0 Å². The molecule has 0 fully saturated rings. The third kappa shape index (κ3) is 5.68. The van der Waals surface area contributed by atoms with Crippen LogP contribution in [-0.4, -0.2) is 19.6 Å². The number of nitrogens with zero attached hydrogens (tertiary/aromatic N) is 3. The number of hydrogen-bond donors (Lipinski definition) is 1. The van der Waals surface area contributed by atoms with Crippen LogP contribution in [0.3, 0.4) is 0 Å². The van der Waals surface area contributed by atoms with Crippen LogP contribution in [0.5, 0.6) is 5.75 Å². The number of phenols is 1. The van der Waals surface area contributed by atoms with Gasteiger partial charge in [-0.15, -0.1) is 0 Å². The Balaban J connectivity index is 0.939. The lowest BCUT2D eigenvalue weighted by molar-refractivity contribution is 0.477. The number of phenolic OH excluding ortho intramolecular Hbond substituents is 1. The van der Waals surface area contributed by atoms with Gasteiger partial charge in [0.2, 0.25) is 0 Å². The first kappa shape index (κ1) is 36.7. The third-order valence-corrected chi connectivity index (χ3v) is 13.2. The van der Waals surface area contributed by atoms with Crippen LogP contribution < -0.4 is 0 Å². The lowest BCUT2D eigenvalue weighted by Crippen LogP contribution is -2.25. The molecule has 2 aliphatic rings. The fraction of sp³-hybridized carbons (Fsp3) is 0.0508. The fourth-order valence-corrected chi connectivity index (χ4v) is 10.5. The average molecular weight is 808 g/mol. The summed E-state index contributed by atoms with van der Waals surface area (Å²) in [7, 11) is 2.17. The lowest BCUT2D eigenvalue weighted by atomic mass is 9.70. The summed E-state index contributed by atoms with van der Waals surface area (Å²) >= 11 is 0. The molecule has 0 unspecified atom stereocenters. The van der Waals surface area contributed by atoms with Crippen molar-refractivity contribution >= 4 is 0 Å². The first-order valence-electron chi connectivity index (χ1n) is 21.5. The van der Waals surface area contributed by atoms with Crippen LogP contribution in [-0.2, 0) is 12.5 Å².